The molecule has 0 aromatic heterocycles. The second-order valence-electron chi connectivity index (χ2n) is 10.2. The molecule has 0 aliphatic carbocycles. The second kappa shape index (κ2) is 11.6. The number of benzene rings is 2. The third kappa shape index (κ3) is 6.15. The topological polar surface area (TPSA) is 91.3 Å². The molecule has 1 fully saturated rings. The fourth-order valence-electron chi connectivity index (χ4n) is 4.80. The van der Waals surface area contributed by atoms with E-state index in [4.69, 9.17) is 9.39 Å². The number of hydrogen-bond donors (Lipinski definition) is 2. The zero-order chi connectivity index (χ0) is 25.8. The highest BCUT2D eigenvalue weighted by molar-refractivity contribution is 6.62. The standard InChI is InChI=1S/C27H36BN3O5/c1-18(2)25(29-26(32)23-9-8-22-17-36-28(34)24(22)19(23)3)27(33)35-16-21-7-5-6-20(14-21)15-31-12-10-30(4)11-13-31/h5-9,14,18,25,34H,10-13,15-17H2,1-4H3,(H,29,32)/t25-/m0/s1. The van der Waals surface area contributed by atoms with Gasteiger partial charge in [0.25, 0.3) is 5.91 Å². The Morgan fingerprint density at radius 3 is 2.58 bits per heavy atom. The van der Waals surface area contributed by atoms with Gasteiger partial charge in [-0.05, 0) is 53.7 Å². The lowest BCUT2D eigenvalue weighted by atomic mass is 9.75. The predicted octanol–water partition coefficient (Wildman–Crippen LogP) is 1.46. The molecule has 0 radical (unpaired) electrons. The number of likely N-dealkylation sites (N-methyl/N-ethyl adjacent to an activating group) is 1. The highest BCUT2D eigenvalue weighted by Gasteiger charge is 2.32. The van der Waals surface area contributed by atoms with Crippen molar-refractivity contribution in [1.82, 2.24) is 15.1 Å². The van der Waals surface area contributed by atoms with Crippen molar-refractivity contribution in [3.63, 3.8) is 0 Å². The summed E-state index contributed by atoms with van der Waals surface area (Å²) < 4.78 is 10.9. The summed E-state index contributed by atoms with van der Waals surface area (Å²) in [7, 11) is 1.11. The Balaban J connectivity index is 1.36. The lowest BCUT2D eigenvalue weighted by molar-refractivity contribution is -0.148. The fourth-order valence-corrected chi connectivity index (χ4v) is 4.80. The average molecular weight is 493 g/mol. The van der Waals surface area contributed by atoms with Crippen LogP contribution in [-0.4, -0.2) is 73.1 Å². The van der Waals surface area contributed by atoms with Gasteiger partial charge in [0.1, 0.15) is 12.6 Å². The summed E-state index contributed by atoms with van der Waals surface area (Å²) in [5.41, 5.74) is 4.68. The maximum absolute atomic E-state index is 13.1. The minimum atomic E-state index is -1.04. The number of nitrogens with one attached hydrogen (secondary N) is 1. The van der Waals surface area contributed by atoms with Crippen LogP contribution in [0.2, 0.25) is 0 Å². The van der Waals surface area contributed by atoms with Gasteiger partial charge in [0.05, 0.1) is 6.61 Å². The summed E-state index contributed by atoms with van der Waals surface area (Å²) >= 11 is 0. The van der Waals surface area contributed by atoms with Crippen molar-refractivity contribution < 1.29 is 24.0 Å². The normalized spacial score (nSPS) is 17.2. The number of carbonyl (C=O) groups is 2. The van der Waals surface area contributed by atoms with E-state index in [9.17, 15) is 14.6 Å². The summed E-state index contributed by atoms with van der Waals surface area (Å²) in [6.07, 6.45) is 0. The minimum Gasteiger partial charge on any atom is -0.459 e. The van der Waals surface area contributed by atoms with Crippen LogP contribution in [0.25, 0.3) is 0 Å². The van der Waals surface area contributed by atoms with E-state index < -0.39 is 19.1 Å². The summed E-state index contributed by atoms with van der Waals surface area (Å²) in [4.78, 5) is 30.8. The lowest BCUT2D eigenvalue weighted by Gasteiger charge is -2.32. The van der Waals surface area contributed by atoms with Crippen molar-refractivity contribution in [3.05, 3.63) is 64.2 Å². The van der Waals surface area contributed by atoms with Crippen LogP contribution in [0.4, 0.5) is 0 Å². The fraction of sp³-hybridized carbons (Fsp3) is 0.481. The van der Waals surface area contributed by atoms with Gasteiger partial charge in [-0.2, -0.15) is 0 Å². The van der Waals surface area contributed by atoms with E-state index in [1.165, 1.54) is 5.56 Å². The smallest absolute Gasteiger partial charge is 0.459 e. The van der Waals surface area contributed by atoms with Crippen LogP contribution in [0.5, 0.6) is 0 Å². The highest BCUT2D eigenvalue weighted by atomic mass is 16.5. The Kier molecular flexibility index (Phi) is 8.46. The average Bonchev–Trinajstić information content (AvgIpc) is 3.24. The van der Waals surface area contributed by atoms with Gasteiger partial charge in [-0.25, -0.2) is 4.79 Å². The Hall–Kier alpha value is -2.72. The van der Waals surface area contributed by atoms with Gasteiger partial charge in [-0.3, -0.25) is 9.69 Å². The molecule has 1 amide bonds. The van der Waals surface area contributed by atoms with Crippen LogP contribution in [0.15, 0.2) is 36.4 Å². The molecule has 0 spiro atoms. The molecular formula is C27H36BN3O5. The summed E-state index contributed by atoms with van der Waals surface area (Å²) in [5, 5.41) is 12.9. The Bertz CT molecular complexity index is 1100. The number of amides is 1. The third-order valence-corrected chi connectivity index (χ3v) is 7.08. The molecule has 8 nitrogen and oxygen atoms in total. The Labute approximate surface area is 213 Å². The van der Waals surface area contributed by atoms with E-state index >= 15 is 0 Å². The first-order chi connectivity index (χ1) is 17.2. The SMILES string of the molecule is Cc1c(C(=O)N[C@H](C(=O)OCc2cccc(CN3CCN(C)CC3)c2)C(C)C)ccc2c1B(O)OC2. The molecule has 4 rings (SSSR count). The van der Waals surface area contributed by atoms with Crippen molar-refractivity contribution in [3.8, 4) is 0 Å². The number of ether oxygens (including phenoxy) is 1. The maximum Gasteiger partial charge on any atom is 0.492 e. The number of esters is 1. The van der Waals surface area contributed by atoms with Crippen LogP contribution in [0, 0.1) is 12.8 Å². The quantitative estimate of drug-likeness (QED) is 0.425. The molecule has 192 valence electrons. The molecule has 1 saturated heterocycles. The second-order valence-corrected chi connectivity index (χ2v) is 10.2. The maximum atomic E-state index is 13.1. The minimum absolute atomic E-state index is 0.149. The molecule has 2 aliphatic heterocycles. The van der Waals surface area contributed by atoms with E-state index in [1.54, 1.807) is 19.1 Å². The van der Waals surface area contributed by atoms with Gasteiger partial charge in [0, 0.05) is 38.3 Å². The zero-order valence-electron chi connectivity index (χ0n) is 21.6. The molecule has 0 bridgehead atoms. The van der Waals surface area contributed by atoms with E-state index in [0.29, 0.717) is 23.2 Å². The van der Waals surface area contributed by atoms with Crippen molar-refractivity contribution >= 4 is 24.5 Å². The molecular weight excluding hydrogens is 457 g/mol. The third-order valence-electron chi connectivity index (χ3n) is 7.08. The number of hydrogen-bond acceptors (Lipinski definition) is 7. The first kappa shape index (κ1) is 26.4. The first-order valence-corrected chi connectivity index (χ1v) is 12.6. The van der Waals surface area contributed by atoms with E-state index in [2.05, 4.69) is 34.3 Å². The highest BCUT2D eigenvalue weighted by Crippen LogP contribution is 2.18. The Morgan fingerprint density at radius 2 is 1.86 bits per heavy atom. The number of carbonyl (C=O) groups excluding carboxylic acids is 2. The summed E-state index contributed by atoms with van der Waals surface area (Å²) in [5.74, 6) is -1.00. The lowest BCUT2D eigenvalue weighted by Crippen LogP contribution is -2.46. The van der Waals surface area contributed by atoms with Gasteiger partial charge in [-0.15, -0.1) is 0 Å². The predicted molar refractivity (Wildman–Crippen MR) is 139 cm³/mol. The number of fused-ring (bicyclic) bond motifs is 1. The van der Waals surface area contributed by atoms with Crippen molar-refractivity contribution in [2.24, 2.45) is 5.92 Å². The Morgan fingerprint density at radius 1 is 1.14 bits per heavy atom. The van der Waals surface area contributed by atoms with Crippen molar-refractivity contribution in [1.29, 1.82) is 0 Å². The van der Waals surface area contributed by atoms with Crippen LogP contribution >= 0.6 is 0 Å². The van der Waals surface area contributed by atoms with Crippen molar-refractivity contribution in [2.75, 3.05) is 33.2 Å². The van der Waals surface area contributed by atoms with Crippen molar-refractivity contribution in [2.45, 2.75) is 46.6 Å². The molecule has 0 unspecified atom stereocenters. The van der Waals surface area contributed by atoms with Gasteiger partial charge < -0.3 is 24.6 Å². The molecule has 9 heteroatoms. The van der Waals surface area contributed by atoms with Gasteiger partial charge in [0.2, 0.25) is 0 Å². The molecule has 36 heavy (non-hydrogen) atoms. The monoisotopic (exact) mass is 493 g/mol. The van der Waals surface area contributed by atoms with Gasteiger partial charge in [-0.1, -0.05) is 44.2 Å². The number of nitrogens with zero attached hydrogens (tertiary/aromatic N) is 2. The van der Waals surface area contributed by atoms with E-state index in [-0.39, 0.29) is 18.4 Å². The van der Waals surface area contributed by atoms with E-state index in [1.807, 2.05) is 26.0 Å². The van der Waals surface area contributed by atoms with Crippen LogP contribution < -0.4 is 10.8 Å². The van der Waals surface area contributed by atoms with Crippen LogP contribution in [0.1, 0.15) is 46.5 Å². The van der Waals surface area contributed by atoms with Crippen LogP contribution in [0.3, 0.4) is 0 Å². The van der Waals surface area contributed by atoms with Crippen LogP contribution in [-0.2, 0) is 33.9 Å². The summed E-state index contributed by atoms with van der Waals surface area (Å²) in [6.45, 7) is 11.1. The van der Waals surface area contributed by atoms with Gasteiger partial charge >= 0.3 is 13.1 Å². The molecule has 2 aromatic rings. The number of rotatable bonds is 8. The largest absolute Gasteiger partial charge is 0.492 e. The first-order valence-electron chi connectivity index (χ1n) is 12.6. The van der Waals surface area contributed by atoms with Gasteiger partial charge in [0.15, 0.2) is 0 Å². The number of piperazine rings is 1. The zero-order valence-corrected chi connectivity index (χ0v) is 21.6. The molecule has 1 atom stereocenters. The summed E-state index contributed by atoms with van der Waals surface area (Å²) in [6, 6.07) is 10.8. The van der Waals surface area contributed by atoms with E-state index in [0.717, 1.165) is 43.9 Å². The molecule has 2 heterocycles. The molecule has 0 saturated carbocycles. The molecule has 2 aromatic carbocycles. The molecule has 2 aliphatic rings. The molecule has 2 N–H and O–H groups in total.